The highest BCUT2D eigenvalue weighted by Crippen LogP contribution is 2.21. The summed E-state index contributed by atoms with van der Waals surface area (Å²) in [7, 11) is 1.87. The minimum atomic E-state index is 0. The molecular weight excluding hydrogens is 312 g/mol. The number of rotatable bonds is 6. The lowest BCUT2D eigenvalue weighted by Crippen LogP contribution is -2.08. The third kappa shape index (κ3) is 3.78. The molecule has 0 radical (unpaired) electrons. The Morgan fingerprint density at radius 1 is 1.17 bits per heavy atom. The quantitative estimate of drug-likeness (QED) is 0.680. The third-order valence-electron chi connectivity index (χ3n) is 3.30. The van der Waals surface area contributed by atoms with Gasteiger partial charge in [0.1, 0.15) is 5.82 Å². The number of nitrogens with one attached hydrogen (secondary N) is 2. The molecule has 0 fully saturated rings. The summed E-state index contributed by atoms with van der Waals surface area (Å²) in [6, 6.07) is 10.2. The van der Waals surface area contributed by atoms with Crippen molar-refractivity contribution in [3.8, 4) is 0 Å². The van der Waals surface area contributed by atoms with E-state index in [1.807, 2.05) is 25.2 Å². The molecule has 0 saturated heterocycles. The number of aryl methyl sites for hydroxylation is 1. The van der Waals surface area contributed by atoms with Gasteiger partial charge in [0.25, 0.3) is 0 Å². The summed E-state index contributed by atoms with van der Waals surface area (Å²) < 4.78 is 1.74. The van der Waals surface area contributed by atoms with E-state index in [4.69, 9.17) is 0 Å². The Balaban J connectivity index is 0.00000192. The van der Waals surface area contributed by atoms with Crippen molar-refractivity contribution in [1.29, 1.82) is 0 Å². The van der Waals surface area contributed by atoms with E-state index in [9.17, 15) is 0 Å². The van der Waals surface area contributed by atoms with Crippen LogP contribution >= 0.6 is 12.4 Å². The molecule has 0 amide bonds. The van der Waals surface area contributed by atoms with Crippen molar-refractivity contribution in [3.05, 3.63) is 54.7 Å². The van der Waals surface area contributed by atoms with Crippen molar-refractivity contribution in [3.63, 3.8) is 0 Å². The number of hydrogen-bond acceptors (Lipinski definition) is 5. The van der Waals surface area contributed by atoms with E-state index in [0.717, 1.165) is 16.9 Å². The van der Waals surface area contributed by atoms with Crippen LogP contribution in [0.15, 0.2) is 49.2 Å². The molecule has 2 heterocycles. The molecule has 0 aliphatic carbocycles. The molecule has 23 heavy (non-hydrogen) atoms. The second-order valence-electron chi connectivity index (χ2n) is 4.91. The fourth-order valence-corrected chi connectivity index (χ4v) is 2.18. The van der Waals surface area contributed by atoms with Crippen LogP contribution in [0, 0.1) is 0 Å². The van der Waals surface area contributed by atoms with Crippen LogP contribution in [-0.2, 0) is 13.6 Å². The van der Waals surface area contributed by atoms with Crippen molar-refractivity contribution in [2.75, 3.05) is 17.2 Å². The number of nitrogens with zero attached hydrogens (tertiary/aromatic N) is 4. The average Bonchev–Trinajstić information content (AvgIpc) is 2.93. The smallest absolute Gasteiger partial charge is 0.226 e. The monoisotopic (exact) mass is 330 g/mol. The van der Waals surface area contributed by atoms with E-state index in [1.54, 1.807) is 17.0 Å². The molecule has 0 bridgehead atoms. The molecule has 0 unspecified atom stereocenters. The molecule has 120 valence electrons. The van der Waals surface area contributed by atoms with E-state index >= 15 is 0 Å². The zero-order valence-corrected chi connectivity index (χ0v) is 13.7. The van der Waals surface area contributed by atoms with Gasteiger partial charge in [0.15, 0.2) is 5.65 Å². The first-order valence-electron chi connectivity index (χ1n) is 7.10. The largest absolute Gasteiger partial charge is 0.365 e. The molecule has 1 aromatic carbocycles. The van der Waals surface area contributed by atoms with Gasteiger partial charge in [0.2, 0.25) is 5.95 Å². The molecule has 2 aromatic heterocycles. The van der Waals surface area contributed by atoms with Gasteiger partial charge in [0, 0.05) is 20.1 Å². The Bertz CT molecular complexity index is 784. The highest BCUT2D eigenvalue weighted by Gasteiger charge is 2.11. The summed E-state index contributed by atoms with van der Waals surface area (Å²) in [6.45, 7) is 5.00. The van der Waals surface area contributed by atoms with Gasteiger partial charge in [-0.3, -0.25) is 4.68 Å². The maximum absolute atomic E-state index is 4.53. The molecule has 0 spiro atoms. The maximum Gasteiger partial charge on any atom is 0.226 e. The first kappa shape index (κ1) is 16.8. The maximum atomic E-state index is 4.53. The molecule has 0 saturated carbocycles. The summed E-state index contributed by atoms with van der Waals surface area (Å²) in [5.41, 5.74) is 1.98. The minimum Gasteiger partial charge on any atom is -0.365 e. The summed E-state index contributed by atoms with van der Waals surface area (Å²) in [4.78, 5) is 9.01. The molecule has 0 aliphatic heterocycles. The minimum absolute atomic E-state index is 0. The van der Waals surface area contributed by atoms with Crippen molar-refractivity contribution in [1.82, 2.24) is 19.7 Å². The predicted molar refractivity (Wildman–Crippen MR) is 96.0 cm³/mol. The zero-order valence-electron chi connectivity index (χ0n) is 12.9. The van der Waals surface area contributed by atoms with Crippen LogP contribution in [0.2, 0.25) is 0 Å². The van der Waals surface area contributed by atoms with Crippen molar-refractivity contribution in [2.45, 2.75) is 6.54 Å². The topological polar surface area (TPSA) is 67.7 Å². The lowest BCUT2D eigenvalue weighted by molar-refractivity contribution is 0.785. The van der Waals surface area contributed by atoms with Crippen LogP contribution < -0.4 is 10.6 Å². The van der Waals surface area contributed by atoms with E-state index in [2.05, 4.69) is 44.4 Å². The molecule has 7 heteroatoms. The highest BCUT2D eigenvalue weighted by atomic mass is 35.5. The van der Waals surface area contributed by atoms with Crippen LogP contribution in [0.4, 0.5) is 11.8 Å². The Labute approximate surface area is 141 Å². The molecule has 6 nitrogen and oxygen atoms in total. The average molecular weight is 331 g/mol. The Morgan fingerprint density at radius 2 is 1.96 bits per heavy atom. The second kappa shape index (κ2) is 7.60. The first-order chi connectivity index (χ1) is 10.8. The number of anilines is 2. The highest BCUT2D eigenvalue weighted by molar-refractivity contribution is 5.87. The Morgan fingerprint density at radius 3 is 2.70 bits per heavy atom. The zero-order chi connectivity index (χ0) is 15.4. The number of benzene rings is 1. The van der Waals surface area contributed by atoms with Gasteiger partial charge >= 0.3 is 0 Å². The van der Waals surface area contributed by atoms with E-state index in [1.165, 1.54) is 5.56 Å². The number of hydrogen-bond donors (Lipinski definition) is 2. The van der Waals surface area contributed by atoms with Gasteiger partial charge in [-0.05, 0) is 5.56 Å². The first-order valence-corrected chi connectivity index (χ1v) is 7.10. The lowest BCUT2D eigenvalue weighted by Gasteiger charge is -2.09. The van der Waals surface area contributed by atoms with Gasteiger partial charge < -0.3 is 10.6 Å². The second-order valence-corrected chi connectivity index (χ2v) is 4.91. The van der Waals surface area contributed by atoms with Gasteiger partial charge in [-0.1, -0.05) is 36.4 Å². The van der Waals surface area contributed by atoms with Crippen LogP contribution in [0.3, 0.4) is 0 Å². The summed E-state index contributed by atoms with van der Waals surface area (Å²) in [6.07, 6.45) is 3.55. The van der Waals surface area contributed by atoms with Crippen molar-refractivity contribution < 1.29 is 0 Å². The molecule has 0 aliphatic rings. The van der Waals surface area contributed by atoms with Gasteiger partial charge in [-0.2, -0.15) is 15.1 Å². The molecule has 2 N–H and O–H groups in total. The van der Waals surface area contributed by atoms with E-state index < -0.39 is 0 Å². The normalized spacial score (nSPS) is 10.1. The van der Waals surface area contributed by atoms with Gasteiger partial charge in [0.05, 0.1) is 11.6 Å². The molecule has 0 atom stereocenters. The lowest BCUT2D eigenvalue weighted by atomic mass is 10.2. The molecule has 3 aromatic rings. The predicted octanol–water partition coefficient (Wildman–Crippen LogP) is 3.00. The van der Waals surface area contributed by atoms with Crippen LogP contribution in [0.5, 0.6) is 0 Å². The fourth-order valence-electron chi connectivity index (χ4n) is 2.18. The van der Waals surface area contributed by atoms with E-state index in [-0.39, 0.29) is 12.4 Å². The van der Waals surface area contributed by atoms with Crippen LogP contribution in [0.25, 0.3) is 11.0 Å². The number of fused-ring (bicyclic) bond motifs is 1. The van der Waals surface area contributed by atoms with E-state index in [0.29, 0.717) is 19.0 Å². The SMILES string of the molecule is C=CCNc1nc(NCc2ccccc2)c2cnn(C)c2n1.Cl. The number of halogens is 1. The summed E-state index contributed by atoms with van der Waals surface area (Å²) >= 11 is 0. The molecular formula is C16H19ClN6. The van der Waals surface area contributed by atoms with Gasteiger partial charge in [-0.15, -0.1) is 19.0 Å². The molecule has 3 rings (SSSR count). The van der Waals surface area contributed by atoms with Crippen molar-refractivity contribution >= 4 is 35.2 Å². The van der Waals surface area contributed by atoms with Crippen LogP contribution in [0.1, 0.15) is 5.56 Å². The Hall–Kier alpha value is -2.60. The summed E-state index contributed by atoms with van der Waals surface area (Å²) in [5, 5.41) is 11.6. The summed E-state index contributed by atoms with van der Waals surface area (Å²) in [5.74, 6) is 1.33. The van der Waals surface area contributed by atoms with Crippen molar-refractivity contribution in [2.24, 2.45) is 7.05 Å². The number of aromatic nitrogens is 4. The Kier molecular flexibility index (Phi) is 5.54. The standard InChI is InChI=1S/C16H18N6.ClH/c1-3-9-17-16-20-14(13-11-19-22(2)15(13)21-16)18-10-12-7-5-4-6-8-12;/h3-8,11H,1,9-10H2,2H3,(H2,17,18,20,21);1H. The third-order valence-corrected chi connectivity index (χ3v) is 3.30. The van der Waals surface area contributed by atoms with Crippen LogP contribution in [-0.4, -0.2) is 26.3 Å². The van der Waals surface area contributed by atoms with Gasteiger partial charge in [-0.25, -0.2) is 0 Å². The fraction of sp³-hybridized carbons (Fsp3) is 0.188.